The summed E-state index contributed by atoms with van der Waals surface area (Å²) in [6, 6.07) is 12.6. The number of hydrogen-bond acceptors (Lipinski definition) is 10. The van der Waals surface area contributed by atoms with E-state index in [1.165, 1.54) is 11.6 Å². The number of Topliss-reactive ketones (excluding diaryl/α,β-unsaturated/α-hetero) is 2. The fourth-order valence-electron chi connectivity index (χ4n) is 7.68. The van der Waals surface area contributed by atoms with Crippen molar-refractivity contribution >= 4 is 23.2 Å². The number of carbonyl (C=O) groups is 3. The molecule has 7 N–H and O–H groups in total. The normalized spacial score (nSPS) is 27.7. The van der Waals surface area contributed by atoms with E-state index in [0.717, 1.165) is 38.2 Å². The number of aliphatic hydroxyl groups excluding tert-OH is 2. The number of phenolic OH excluding ortho intramolecular Hbond substituents is 1. The van der Waals surface area contributed by atoms with Crippen LogP contribution in [-0.2, 0) is 22.6 Å². The molecule has 2 aromatic rings. The van der Waals surface area contributed by atoms with E-state index >= 15 is 0 Å². The average Bonchev–Trinajstić information content (AvgIpc) is 2.97. The van der Waals surface area contributed by atoms with Gasteiger partial charge < -0.3 is 31.5 Å². The summed E-state index contributed by atoms with van der Waals surface area (Å²) in [4.78, 5) is 43.5. The Bertz CT molecular complexity index is 1590. The van der Waals surface area contributed by atoms with Gasteiger partial charge in [0.15, 0.2) is 11.4 Å². The summed E-state index contributed by atoms with van der Waals surface area (Å²) in [5.41, 5.74) is 4.37. The fraction of sp³-hybridized carbons (Fsp3) is 0.424. The molecule has 2 aromatic carbocycles. The Morgan fingerprint density at radius 2 is 1.75 bits per heavy atom. The van der Waals surface area contributed by atoms with Gasteiger partial charge in [-0.2, -0.15) is 0 Å². The first kappa shape index (κ1) is 29.9. The van der Waals surface area contributed by atoms with Gasteiger partial charge in [-0.25, -0.2) is 0 Å². The van der Waals surface area contributed by atoms with E-state index in [2.05, 4.69) is 22.3 Å². The van der Waals surface area contributed by atoms with Crippen LogP contribution in [0.3, 0.4) is 0 Å². The monoisotopic (exact) mass is 602 g/mol. The van der Waals surface area contributed by atoms with Gasteiger partial charge in [0, 0.05) is 42.9 Å². The second kappa shape index (κ2) is 11.1. The molecule has 44 heavy (non-hydrogen) atoms. The second-order valence-corrected chi connectivity index (χ2v) is 12.6. The van der Waals surface area contributed by atoms with Crippen molar-refractivity contribution in [3.05, 3.63) is 81.8 Å². The summed E-state index contributed by atoms with van der Waals surface area (Å²) in [5, 5.41) is 48.6. The molecule has 0 unspecified atom stereocenters. The standard InChI is InChI=1S/C33H38N4O7/c1-36(2)27-21-15-18-14-20-22(35-19-10-12-37(13-11-19)16-17-6-4-3-5-7-17)8-9-23(38)25(20)28(39)24(18)30(41)33(21,44)31(42)26(29(27)40)32(34)43/h3-9,18-19,21,27,35,38,40-41,44H,10-16H2,1-2H3,(H2,34,43)/t18-,21-,27-,33+/m1/s1. The molecule has 1 fully saturated rings. The highest BCUT2D eigenvalue weighted by atomic mass is 16.3. The van der Waals surface area contributed by atoms with Gasteiger partial charge in [0.2, 0.25) is 5.78 Å². The maximum atomic E-state index is 14.0. The van der Waals surface area contributed by atoms with E-state index < -0.39 is 58.0 Å². The number of nitrogens with two attached hydrogens (primary N) is 1. The third kappa shape index (κ3) is 4.66. The number of nitrogens with one attached hydrogen (secondary N) is 1. The van der Waals surface area contributed by atoms with Gasteiger partial charge >= 0.3 is 0 Å². The number of aromatic hydroxyl groups is 1. The number of allylic oxidation sites excluding steroid dienone is 1. The largest absolute Gasteiger partial charge is 0.510 e. The number of aliphatic hydroxyl groups is 3. The first-order valence-corrected chi connectivity index (χ1v) is 15.0. The summed E-state index contributed by atoms with van der Waals surface area (Å²) in [7, 11) is 3.22. The van der Waals surface area contributed by atoms with Crippen molar-refractivity contribution in [2.45, 2.75) is 49.9 Å². The molecule has 4 atom stereocenters. The van der Waals surface area contributed by atoms with Crippen LogP contribution in [0.1, 0.15) is 40.7 Å². The number of phenols is 1. The predicted octanol–water partition coefficient (Wildman–Crippen LogP) is 2.20. The van der Waals surface area contributed by atoms with E-state index in [0.29, 0.717) is 5.56 Å². The highest BCUT2D eigenvalue weighted by Crippen LogP contribution is 2.53. The lowest BCUT2D eigenvalue weighted by molar-refractivity contribution is -0.148. The molecule has 232 valence electrons. The lowest BCUT2D eigenvalue weighted by Gasteiger charge is -2.50. The maximum absolute atomic E-state index is 14.0. The van der Waals surface area contributed by atoms with E-state index in [4.69, 9.17) is 5.73 Å². The van der Waals surface area contributed by atoms with E-state index in [-0.39, 0.29) is 35.8 Å². The summed E-state index contributed by atoms with van der Waals surface area (Å²) < 4.78 is 0. The Balaban J connectivity index is 1.30. The number of hydrogen-bond donors (Lipinski definition) is 6. The van der Waals surface area contributed by atoms with Gasteiger partial charge in [-0.3, -0.25) is 24.2 Å². The zero-order valence-electron chi connectivity index (χ0n) is 24.8. The van der Waals surface area contributed by atoms with E-state index in [1.807, 2.05) is 18.2 Å². The fourth-order valence-corrected chi connectivity index (χ4v) is 7.68. The quantitative estimate of drug-likeness (QED) is 0.212. The number of primary amides is 1. The number of rotatable bonds is 6. The van der Waals surface area contributed by atoms with Crippen molar-refractivity contribution in [1.82, 2.24) is 9.80 Å². The topological polar surface area (TPSA) is 177 Å². The van der Waals surface area contributed by atoms with Gasteiger partial charge in [-0.05, 0) is 69.0 Å². The molecule has 1 saturated heterocycles. The smallest absolute Gasteiger partial charge is 0.255 e. The van der Waals surface area contributed by atoms with Crippen LogP contribution in [0, 0.1) is 11.8 Å². The molecular weight excluding hydrogens is 564 g/mol. The van der Waals surface area contributed by atoms with Gasteiger partial charge in [-0.15, -0.1) is 0 Å². The minimum absolute atomic E-state index is 0.0114. The van der Waals surface area contributed by atoms with Gasteiger partial charge in [0.25, 0.3) is 5.91 Å². The number of likely N-dealkylation sites (N-methyl/N-ethyl adjacent to an activating group) is 1. The number of benzene rings is 2. The number of carbonyl (C=O) groups excluding carboxylic acids is 3. The zero-order chi connectivity index (χ0) is 31.5. The Morgan fingerprint density at radius 3 is 2.39 bits per heavy atom. The summed E-state index contributed by atoms with van der Waals surface area (Å²) in [6.07, 6.45) is 2.08. The molecule has 0 bridgehead atoms. The van der Waals surface area contributed by atoms with Crippen LogP contribution in [0.5, 0.6) is 5.75 Å². The summed E-state index contributed by atoms with van der Waals surface area (Å²) >= 11 is 0. The summed E-state index contributed by atoms with van der Waals surface area (Å²) in [6.45, 7) is 2.69. The first-order chi connectivity index (χ1) is 20.9. The molecule has 1 aliphatic heterocycles. The molecule has 1 heterocycles. The average molecular weight is 603 g/mol. The van der Waals surface area contributed by atoms with Crippen molar-refractivity contribution < 1.29 is 34.8 Å². The third-order valence-electron chi connectivity index (χ3n) is 9.80. The number of piperidine rings is 1. The molecule has 0 saturated carbocycles. The summed E-state index contributed by atoms with van der Waals surface area (Å²) in [5.74, 6) is -6.56. The van der Waals surface area contributed by atoms with Crippen molar-refractivity contribution in [3.63, 3.8) is 0 Å². The molecule has 0 aromatic heterocycles. The zero-order valence-corrected chi connectivity index (χ0v) is 24.8. The number of nitrogens with zero attached hydrogens (tertiary/aromatic N) is 2. The van der Waals surface area contributed by atoms with Crippen molar-refractivity contribution in [1.29, 1.82) is 0 Å². The third-order valence-corrected chi connectivity index (χ3v) is 9.80. The number of likely N-dealkylation sites (tertiary alicyclic amines) is 1. The minimum Gasteiger partial charge on any atom is -0.510 e. The number of fused-ring (bicyclic) bond motifs is 3. The van der Waals surface area contributed by atoms with Gasteiger partial charge in [-0.1, -0.05) is 30.3 Å². The SMILES string of the molecule is CN(C)[C@H]1C(O)=C(C(N)=O)C(=O)[C@@]2(O)C(O)=C3C(=O)c4c(O)ccc(NC5CCN(Cc6ccccc6)CC5)c4C[C@@H]3C[C@H]12. The van der Waals surface area contributed by atoms with Crippen LogP contribution >= 0.6 is 0 Å². The Hall–Kier alpha value is -4.19. The second-order valence-electron chi connectivity index (χ2n) is 12.6. The van der Waals surface area contributed by atoms with Crippen LogP contribution in [0.2, 0.25) is 0 Å². The van der Waals surface area contributed by atoms with Crippen molar-refractivity contribution in [3.8, 4) is 5.75 Å². The molecular formula is C33H38N4O7. The number of anilines is 1. The van der Waals surface area contributed by atoms with E-state index in [9.17, 15) is 34.8 Å². The van der Waals surface area contributed by atoms with Crippen LogP contribution in [0.15, 0.2) is 65.1 Å². The van der Waals surface area contributed by atoms with Crippen molar-refractivity contribution in [2.24, 2.45) is 17.6 Å². The molecule has 11 nitrogen and oxygen atoms in total. The van der Waals surface area contributed by atoms with Crippen LogP contribution in [-0.4, -0.2) is 92.6 Å². The molecule has 3 aliphatic carbocycles. The minimum atomic E-state index is -2.65. The number of amides is 1. The Labute approximate surface area is 255 Å². The maximum Gasteiger partial charge on any atom is 0.255 e. The molecule has 1 amide bonds. The van der Waals surface area contributed by atoms with Crippen LogP contribution in [0.25, 0.3) is 0 Å². The lowest BCUT2D eigenvalue weighted by atomic mass is 9.58. The van der Waals surface area contributed by atoms with Crippen molar-refractivity contribution in [2.75, 3.05) is 32.5 Å². The highest BCUT2D eigenvalue weighted by molar-refractivity contribution is 6.24. The Kier molecular flexibility index (Phi) is 7.51. The molecule has 4 aliphatic rings. The molecule has 11 heteroatoms. The molecule has 0 radical (unpaired) electrons. The first-order valence-electron chi connectivity index (χ1n) is 15.0. The molecule has 6 rings (SSSR count). The van der Waals surface area contributed by atoms with Gasteiger partial charge in [0.1, 0.15) is 22.8 Å². The predicted molar refractivity (Wildman–Crippen MR) is 162 cm³/mol. The molecule has 0 spiro atoms. The van der Waals surface area contributed by atoms with E-state index in [1.54, 1.807) is 25.1 Å². The van der Waals surface area contributed by atoms with Gasteiger partial charge in [0.05, 0.1) is 11.6 Å². The van der Waals surface area contributed by atoms with Crippen LogP contribution < -0.4 is 11.1 Å². The Morgan fingerprint density at radius 1 is 1.07 bits per heavy atom. The highest BCUT2D eigenvalue weighted by Gasteiger charge is 2.63. The number of ketones is 2. The van der Waals surface area contributed by atoms with Crippen LogP contribution in [0.4, 0.5) is 5.69 Å². The lowest BCUT2D eigenvalue weighted by Crippen LogP contribution is -2.63.